The molecule has 0 unspecified atom stereocenters. The van der Waals surface area contributed by atoms with Gasteiger partial charge in [0.25, 0.3) is 5.91 Å². The number of rotatable bonds is 5. The maximum absolute atomic E-state index is 12.0. The van der Waals surface area contributed by atoms with Crippen LogP contribution in [0.4, 0.5) is 0 Å². The van der Waals surface area contributed by atoms with Crippen molar-refractivity contribution >= 4 is 11.8 Å². The van der Waals surface area contributed by atoms with Crippen LogP contribution < -0.4 is 15.6 Å². The van der Waals surface area contributed by atoms with Crippen LogP contribution >= 0.6 is 0 Å². The molecule has 0 fully saturated rings. The maximum atomic E-state index is 12.0. The molecule has 0 saturated carbocycles. The predicted molar refractivity (Wildman–Crippen MR) is 83.4 cm³/mol. The van der Waals surface area contributed by atoms with Crippen LogP contribution in [0.1, 0.15) is 22.3 Å². The fraction of sp³-hybridized carbons (Fsp3) is 0.176. The molecule has 5 nitrogen and oxygen atoms in total. The zero-order chi connectivity index (χ0) is 15.8. The Bertz CT molecular complexity index is 641. The van der Waals surface area contributed by atoms with E-state index in [1.165, 1.54) is 7.11 Å². The van der Waals surface area contributed by atoms with Crippen LogP contribution in [0, 0.1) is 0 Å². The number of hydrazine groups is 1. The Morgan fingerprint density at radius 2 is 1.64 bits per heavy atom. The SMILES string of the molecule is COc1ccccc1C(=O)NNC(=O)CCc1ccccc1. The number of methoxy groups -OCH3 is 1. The number of nitrogens with one attached hydrogen (secondary N) is 2. The van der Waals surface area contributed by atoms with Gasteiger partial charge in [-0.25, -0.2) is 0 Å². The molecule has 2 amide bonds. The minimum Gasteiger partial charge on any atom is -0.496 e. The molecule has 0 atom stereocenters. The Balaban J connectivity index is 1.82. The van der Waals surface area contributed by atoms with Crippen molar-refractivity contribution in [3.63, 3.8) is 0 Å². The highest BCUT2D eigenvalue weighted by Gasteiger charge is 2.12. The second kappa shape index (κ2) is 7.83. The predicted octanol–water partition coefficient (Wildman–Crippen LogP) is 2.09. The van der Waals surface area contributed by atoms with Crippen molar-refractivity contribution in [3.8, 4) is 5.75 Å². The lowest BCUT2D eigenvalue weighted by atomic mass is 10.1. The number of ether oxygens (including phenoxy) is 1. The van der Waals surface area contributed by atoms with Crippen LogP contribution in [0.5, 0.6) is 5.75 Å². The van der Waals surface area contributed by atoms with E-state index in [2.05, 4.69) is 10.9 Å². The Labute approximate surface area is 129 Å². The molecule has 22 heavy (non-hydrogen) atoms. The molecule has 2 rings (SSSR count). The molecule has 0 aliphatic carbocycles. The molecular formula is C17H18N2O3. The third-order valence-corrected chi connectivity index (χ3v) is 3.15. The summed E-state index contributed by atoms with van der Waals surface area (Å²) in [7, 11) is 1.49. The molecule has 0 saturated heterocycles. The lowest BCUT2D eigenvalue weighted by Gasteiger charge is -2.10. The molecule has 2 N–H and O–H groups in total. The van der Waals surface area contributed by atoms with Gasteiger partial charge in [0.2, 0.25) is 5.91 Å². The van der Waals surface area contributed by atoms with Gasteiger partial charge in [0.1, 0.15) is 5.75 Å². The van der Waals surface area contributed by atoms with Gasteiger partial charge in [-0.3, -0.25) is 20.4 Å². The number of aryl methyl sites for hydroxylation is 1. The first-order valence-electron chi connectivity index (χ1n) is 6.97. The molecule has 0 bridgehead atoms. The molecule has 0 aliphatic heterocycles. The van der Waals surface area contributed by atoms with Crippen molar-refractivity contribution in [3.05, 3.63) is 65.7 Å². The fourth-order valence-electron chi connectivity index (χ4n) is 1.99. The summed E-state index contributed by atoms with van der Waals surface area (Å²) in [6.07, 6.45) is 0.924. The van der Waals surface area contributed by atoms with Crippen molar-refractivity contribution in [2.75, 3.05) is 7.11 Å². The number of para-hydroxylation sites is 1. The molecule has 2 aromatic rings. The lowest BCUT2D eigenvalue weighted by Crippen LogP contribution is -2.41. The summed E-state index contributed by atoms with van der Waals surface area (Å²) in [5.74, 6) is -0.198. The van der Waals surface area contributed by atoms with Gasteiger partial charge in [0.15, 0.2) is 0 Å². The maximum Gasteiger partial charge on any atom is 0.273 e. The van der Waals surface area contributed by atoms with E-state index in [4.69, 9.17) is 4.74 Å². The minimum atomic E-state index is -0.412. The van der Waals surface area contributed by atoms with Gasteiger partial charge in [-0.05, 0) is 24.1 Å². The average molecular weight is 298 g/mol. The lowest BCUT2D eigenvalue weighted by molar-refractivity contribution is -0.121. The molecule has 114 valence electrons. The van der Waals surface area contributed by atoms with Crippen LogP contribution in [0.25, 0.3) is 0 Å². The quantitative estimate of drug-likeness (QED) is 0.831. The first-order valence-corrected chi connectivity index (χ1v) is 6.97. The van der Waals surface area contributed by atoms with Gasteiger partial charge in [-0.1, -0.05) is 42.5 Å². The van der Waals surface area contributed by atoms with E-state index in [-0.39, 0.29) is 5.91 Å². The van der Waals surface area contributed by atoms with E-state index >= 15 is 0 Å². The van der Waals surface area contributed by atoms with Gasteiger partial charge >= 0.3 is 0 Å². The number of carbonyl (C=O) groups is 2. The van der Waals surface area contributed by atoms with E-state index in [1.807, 2.05) is 30.3 Å². The summed E-state index contributed by atoms with van der Waals surface area (Å²) < 4.78 is 5.11. The van der Waals surface area contributed by atoms with E-state index in [0.29, 0.717) is 24.2 Å². The van der Waals surface area contributed by atoms with E-state index in [0.717, 1.165) is 5.56 Å². The second-order valence-electron chi connectivity index (χ2n) is 4.69. The molecule has 0 aliphatic rings. The molecule has 0 spiro atoms. The molecule has 0 heterocycles. The Hall–Kier alpha value is -2.82. The number of hydrogen-bond acceptors (Lipinski definition) is 3. The van der Waals surface area contributed by atoms with Gasteiger partial charge in [-0.2, -0.15) is 0 Å². The topological polar surface area (TPSA) is 67.4 Å². The highest BCUT2D eigenvalue weighted by Crippen LogP contribution is 2.16. The van der Waals surface area contributed by atoms with Crippen LogP contribution in [0.2, 0.25) is 0 Å². The first kappa shape index (κ1) is 15.6. The van der Waals surface area contributed by atoms with Gasteiger partial charge in [0.05, 0.1) is 12.7 Å². The molecule has 0 radical (unpaired) electrons. The highest BCUT2D eigenvalue weighted by atomic mass is 16.5. The summed E-state index contributed by atoms with van der Waals surface area (Å²) in [5.41, 5.74) is 6.25. The smallest absolute Gasteiger partial charge is 0.273 e. The van der Waals surface area contributed by atoms with E-state index in [9.17, 15) is 9.59 Å². The van der Waals surface area contributed by atoms with Crippen molar-refractivity contribution in [1.29, 1.82) is 0 Å². The summed E-state index contributed by atoms with van der Waals surface area (Å²) in [6.45, 7) is 0. The van der Waals surface area contributed by atoms with Crippen molar-refractivity contribution in [2.45, 2.75) is 12.8 Å². The summed E-state index contributed by atoms with van der Waals surface area (Å²) in [5, 5.41) is 0. The number of hydrogen-bond donors (Lipinski definition) is 2. The normalized spacial score (nSPS) is 9.86. The standard InChI is InChI=1S/C17H18N2O3/c1-22-15-10-6-5-9-14(15)17(21)19-18-16(20)12-11-13-7-3-2-4-8-13/h2-10H,11-12H2,1H3,(H,18,20)(H,19,21). The molecular weight excluding hydrogens is 280 g/mol. The van der Waals surface area contributed by atoms with Crippen molar-refractivity contribution in [1.82, 2.24) is 10.9 Å². The zero-order valence-electron chi connectivity index (χ0n) is 12.3. The Morgan fingerprint density at radius 3 is 2.36 bits per heavy atom. The molecule has 5 heteroatoms. The third-order valence-electron chi connectivity index (χ3n) is 3.15. The first-order chi connectivity index (χ1) is 10.7. The largest absolute Gasteiger partial charge is 0.496 e. The highest BCUT2D eigenvalue weighted by molar-refractivity contribution is 5.97. The average Bonchev–Trinajstić information content (AvgIpc) is 2.58. The van der Waals surface area contributed by atoms with Crippen molar-refractivity contribution < 1.29 is 14.3 Å². The van der Waals surface area contributed by atoms with E-state index < -0.39 is 5.91 Å². The molecule has 0 aromatic heterocycles. The van der Waals surface area contributed by atoms with Gasteiger partial charge in [0, 0.05) is 6.42 Å². The van der Waals surface area contributed by atoms with Crippen LogP contribution in [-0.4, -0.2) is 18.9 Å². The van der Waals surface area contributed by atoms with E-state index in [1.54, 1.807) is 24.3 Å². The number of benzene rings is 2. The monoisotopic (exact) mass is 298 g/mol. The molecule has 2 aromatic carbocycles. The Kier molecular flexibility index (Phi) is 5.54. The summed E-state index contributed by atoms with van der Waals surface area (Å²) >= 11 is 0. The van der Waals surface area contributed by atoms with Crippen molar-refractivity contribution in [2.24, 2.45) is 0 Å². The fourth-order valence-corrected chi connectivity index (χ4v) is 1.99. The summed E-state index contributed by atoms with van der Waals surface area (Å²) in [6, 6.07) is 16.5. The Morgan fingerprint density at radius 1 is 0.955 bits per heavy atom. The van der Waals surface area contributed by atoms with Crippen LogP contribution in [0.15, 0.2) is 54.6 Å². The van der Waals surface area contributed by atoms with Crippen LogP contribution in [-0.2, 0) is 11.2 Å². The summed E-state index contributed by atoms with van der Waals surface area (Å²) in [4.78, 5) is 23.7. The number of carbonyl (C=O) groups excluding carboxylic acids is 2. The second-order valence-corrected chi connectivity index (χ2v) is 4.69. The van der Waals surface area contributed by atoms with Gasteiger partial charge in [-0.15, -0.1) is 0 Å². The van der Waals surface area contributed by atoms with Crippen LogP contribution in [0.3, 0.4) is 0 Å². The number of amides is 2. The van der Waals surface area contributed by atoms with Gasteiger partial charge < -0.3 is 4.74 Å². The minimum absolute atomic E-state index is 0.243. The third kappa shape index (κ3) is 4.34. The zero-order valence-corrected chi connectivity index (χ0v) is 12.3.